The second kappa shape index (κ2) is 10.2. The van der Waals surface area contributed by atoms with Crippen LogP contribution in [0.2, 0.25) is 0 Å². The number of aliphatic hydroxyl groups is 1. The third-order valence-electron chi connectivity index (χ3n) is 5.57. The molecular weight excluding hydrogens is 408 g/mol. The van der Waals surface area contributed by atoms with E-state index in [4.69, 9.17) is 19.4 Å². The standard InChI is InChI=1S/C23H30N6O3/c1-15-20(9-16-7-8-31-13-16)25-23(26-22(15)21-12-29(3)28-27-21)17-5-4-6-19(10-17)32-14-18(30)11-24-2/h4-6,10,12,16,18,24,30H,7-9,11,13-14H2,1-3H3. The van der Waals surface area contributed by atoms with E-state index in [1.54, 1.807) is 11.7 Å². The van der Waals surface area contributed by atoms with E-state index in [1.807, 2.05) is 44.4 Å². The Morgan fingerprint density at radius 1 is 1.34 bits per heavy atom. The predicted molar refractivity (Wildman–Crippen MR) is 120 cm³/mol. The number of aliphatic hydroxyl groups excluding tert-OH is 1. The molecule has 0 bridgehead atoms. The van der Waals surface area contributed by atoms with Gasteiger partial charge in [0.1, 0.15) is 24.2 Å². The molecule has 170 valence electrons. The number of aromatic nitrogens is 5. The minimum absolute atomic E-state index is 0.205. The van der Waals surface area contributed by atoms with E-state index in [1.165, 1.54) is 0 Å². The van der Waals surface area contributed by atoms with Crippen LogP contribution in [0.5, 0.6) is 5.75 Å². The second-order valence-electron chi connectivity index (χ2n) is 8.23. The third kappa shape index (κ3) is 5.29. The summed E-state index contributed by atoms with van der Waals surface area (Å²) >= 11 is 0. The summed E-state index contributed by atoms with van der Waals surface area (Å²) in [5, 5.41) is 21.2. The molecule has 0 aliphatic carbocycles. The fourth-order valence-electron chi connectivity index (χ4n) is 3.83. The highest BCUT2D eigenvalue weighted by Gasteiger charge is 2.22. The Kier molecular flexibility index (Phi) is 7.09. The monoisotopic (exact) mass is 438 g/mol. The third-order valence-corrected chi connectivity index (χ3v) is 5.57. The molecule has 4 rings (SSSR count). The summed E-state index contributed by atoms with van der Waals surface area (Å²) in [6, 6.07) is 7.64. The van der Waals surface area contributed by atoms with Gasteiger partial charge in [-0.2, -0.15) is 0 Å². The van der Waals surface area contributed by atoms with E-state index in [0.29, 0.717) is 24.0 Å². The number of likely N-dealkylation sites (N-methyl/N-ethyl adjacent to an activating group) is 1. The Morgan fingerprint density at radius 3 is 2.94 bits per heavy atom. The maximum Gasteiger partial charge on any atom is 0.160 e. The van der Waals surface area contributed by atoms with Gasteiger partial charge in [-0.3, -0.25) is 4.68 Å². The number of benzene rings is 1. The lowest BCUT2D eigenvalue weighted by Gasteiger charge is -2.15. The van der Waals surface area contributed by atoms with Gasteiger partial charge < -0.3 is 19.9 Å². The number of aryl methyl sites for hydroxylation is 1. The van der Waals surface area contributed by atoms with Gasteiger partial charge in [-0.1, -0.05) is 17.3 Å². The highest BCUT2D eigenvalue weighted by molar-refractivity contribution is 5.65. The van der Waals surface area contributed by atoms with Gasteiger partial charge in [0.15, 0.2) is 5.82 Å². The van der Waals surface area contributed by atoms with Gasteiger partial charge in [0.2, 0.25) is 0 Å². The van der Waals surface area contributed by atoms with Crippen LogP contribution < -0.4 is 10.1 Å². The van der Waals surface area contributed by atoms with Crippen molar-refractivity contribution in [1.29, 1.82) is 0 Å². The zero-order valence-electron chi connectivity index (χ0n) is 18.8. The molecule has 1 aromatic carbocycles. The SMILES string of the molecule is CNCC(O)COc1cccc(-c2nc(CC3CCOC3)c(C)c(-c3cn(C)nn3)n2)c1. The highest BCUT2D eigenvalue weighted by Crippen LogP contribution is 2.29. The van der Waals surface area contributed by atoms with Crippen LogP contribution in [0.4, 0.5) is 0 Å². The first-order valence-electron chi connectivity index (χ1n) is 10.9. The number of hydrogen-bond acceptors (Lipinski definition) is 8. The summed E-state index contributed by atoms with van der Waals surface area (Å²) in [5.74, 6) is 1.73. The molecule has 2 N–H and O–H groups in total. The molecule has 0 amide bonds. The van der Waals surface area contributed by atoms with Crippen LogP contribution in [0.25, 0.3) is 22.8 Å². The normalized spacial score (nSPS) is 16.9. The Hall–Kier alpha value is -2.88. The lowest BCUT2D eigenvalue weighted by atomic mass is 9.98. The summed E-state index contributed by atoms with van der Waals surface area (Å²) in [7, 11) is 3.64. The topological polar surface area (TPSA) is 107 Å². The maximum atomic E-state index is 9.93. The van der Waals surface area contributed by atoms with Crippen molar-refractivity contribution in [2.75, 3.05) is 33.4 Å². The lowest BCUT2D eigenvalue weighted by Crippen LogP contribution is -2.29. The van der Waals surface area contributed by atoms with Crippen molar-refractivity contribution in [3.63, 3.8) is 0 Å². The summed E-state index contributed by atoms with van der Waals surface area (Å²) in [6.45, 7) is 4.28. The van der Waals surface area contributed by atoms with Crippen LogP contribution in [-0.2, 0) is 18.2 Å². The molecule has 0 saturated carbocycles. The summed E-state index contributed by atoms with van der Waals surface area (Å²) < 4.78 is 13.0. The zero-order valence-corrected chi connectivity index (χ0v) is 18.8. The van der Waals surface area contributed by atoms with E-state index in [9.17, 15) is 5.11 Å². The average Bonchev–Trinajstić information content (AvgIpc) is 3.46. The Morgan fingerprint density at radius 2 is 2.22 bits per heavy atom. The summed E-state index contributed by atoms with van der Waals surface area (Å²) in [5.41, 5.74) is 4.37. The molecule has 32 heavy (non-hydrogen) atoms. The van der Waals surface area contributed by atoms with Crippen LogP contribution in [0.3, 0.4) is 0 Å². The number of rotatable bonds is 9. The molecule has 9 heteroatoms. The molecule has 1 aliphatic heterocycles. The number of hydrogen-bond donors (Lipinski definition) is 2. The van der Waals surface area contributed by atoms with Crippen molar-refractivity contribution in [1.82, 2.24) is 30.3 Å². The van der Waals surface area contributed by atoms with E-state index in [0.717, 1.165) is 54.3 Å². The van der Waals surface area contributed by atoms with Crippen LogP contribution >= 0.6 is 0 Å². The van der Waals surface area contributed by atoms with Crippen molar-refractivity contribution in [3.05, 3.63) is 41.7 Å². The van der Waals surface area contributed by atoms with E-state index in [2.05, 4.69) is 15.6 Å². The summed E-state index contributed by atoms with van der Waals surface area (Å²) in [4.78, 5) is 9.78. The first-order valence-corrected chi connectivity index (χ1v) is 10.9. The van der Waals surface area contributed by atoms with Crippen molar-refractivity contribution < 1.29 is 14.6 Å². The zero-order chi connectivity index (χ0) is 22.5. The van der Waals surface area contributed by atoms with Crippen LogP contribution in [0.1, 0.15) is 17.7 Å². The molecule has 0 spiro atoms. The Bertz CT molecular complexity index is 1050. The van der Waals surface area contributed by atoms with Crippen LogP contribution in [-0.4, -0.2) is 69.6 Å². The maximum absolute atomic E-state index is 9.93. The second-order valence-corrected chi connectivity index (χ2v) is 8.23. The van der Waals surface area contributed by atoms with Gasteiger partial charge in [0.25, 0.3) is 0 Å². The molecule has 1 aliphatic rings. The Balaban J connectivity index is 1.67. The van der Waals surface area contributed by atoms with Crippen LogP contribution in [0.15, 0.2) is 30.5 Å². The fourth-order valence-corrected chi connectivity index (χ4v) is 3.83. The number of ether oxygens (including phenoxy) is 2. The van der Waals surface area contributed by atoms with Crippen molar-refractivity contribution in [2.24, 2.45) is 13.0 Å². The van der Waals surface area contributed by atoms with Crippen LogP contribution in [0, 0.1) is 12.8 Å². The minimum Gasteiger partial charge on any atom is -0.491 e. The Labute approximate surface area is 187 Å². The van der Waals surface area contributed by atoms with Gasteiger partial charge in [0, 0.05) is 38.1 Å². The lowest BCUT2D eigenvalue weighted by molar-refractivity contribution is 0.108. The minimum atomic E-state index is -0.581. The van der Waals surface area contributed by atoms with E-state index in [-0.39, 0.29) is 6.61 Å². The molecule has 3 heterocycles. The highest BCUT2D eigenvalue weighted by atomic mass is 16.5. The molecular formula is C23H30N6O3. The summed E-state index contributed by atoms with van der Waals surface area (Å²) in [6.07, 6.45) is 3.16. The molecule has 2 atom stereocenters. The van der Waals surface area contributed by atoms with Gasteiger partial charge in [-0.05, 0) is 50.4 Å². The van der Waals surface area contributed by atoms with Gasteiger partial charge in [0.05, 0.1) is 11.9 Å². The number of nitrogens with one attached hydrogen (secondary N) is 1. The molecule has 1 saturated heterocycles. The first kappa shape index (κ1) is 22.3. The molecule has 9 nitrogen and oxygen atoms in total. The quantitative estimate of drug-likeness (QED) is 0.521. The molecule has 0 radical (unpaired) electrons. The molecule has 2 unspecified atom stereocenters. The fraction of sp³-hybridized carbons (Fsp3) is 0.478. The van der Waals surface area contributed by atoms with E-state index >= 15 is 0 Å². The smallest absolute Gasteiger partial charge is 0.160 e. The molecule has 3 aromatic rings. The van der Waals surface area contributed by atoms with Crippen molar-refractivity contribution >= 4 is 0 Å². The first-order chi connectivity index (χ1) is 15.5. The van der Waals surface area contributed by atoms with Gasteiger partial charge in [-0.15, -0.1) is 5.10 Å². The van der Waals surface area contributed by atoms with E-state index < -0.39 is 6.10 Å². The largest absolute Gasteiger partial charge is 0.491 e. The average molecular weight is 439 g/mol. The van der Waals surface area contributed by atoms with Gasteiger partial charge >= 0.3 is 0 Å². The van der Waals surface area contributed by atoms with Gasteiger partial charge in [-0.25, -0.2) is 9.97 Å². The molecule has 1 fully saturated rings. The van der Waals surface area contributed by atoms with Crippen molar-refractivity contribution in [3.8, 4) is 28.5 Å². The predicted octanol–water partition coefficient (Wildman–Crippen LogP) is 1.79. The molecule has 2 aromatic heterocycles. The number of nitrogens with zero attached hydrogens (tertiary/aromatic N) is 5. The van der Waals surface area contributed by atoms with Crippen molar-refractivity contribution in [2.45, 2.75) is 25.9 Å².